The quantitative estimate of drug-likeness (QED) is 0.615. The van der Waals surface area contributed by atoms with Crippen LogP contribution in [0.25, 0.3) is 10.2 Å². The molecule has 3 heterocycles. The van der Waals surface area contributed by atoms with Crippen molar-refractivity contribution >= 4 is 44.4 Å². The second-order valence-corrected chi connectivity index (χ2v) is 8.45. The number of imide groups is 1. The van der Waals surface area contributed by atoms with Crippen LogP contribution in [0.3, 0.4) is 0 Å². The average molecular weight is 437 g/mol. The summed E-state index contributed by atoms with van der Waals surface area (Å²) in [7, 11) is 1.59. The fourth-order valence-corrected chi connectivity index (χ4v) is 4.73. The zero-order valence-electron chi connectivity index (χ0n) is 16.7. The number of thiazole rings is 1. The standard InChI is InChI=1S/C22H19N3O5S/c1-29-13-5-7-17-18(10-13)31-22(23-17)24-19(26)12-4-6-15-16(9-12)21(28)25(20(15)27)11-14-3-2-8-30-14/h4-7,9-10,14H,2-3,8,11H2,1H3,(H,23,24,26). The van der Waals surface area contributed by atoms with Gasteiger partial charge in [-0.25, -0.2) is 4.98 Å². The number of benzene rings is 2. The van der Waals surface area contributed by atoms with Crippen molar-refractivity contribution in [1.82, 2.24) is 9.88 Å². The van der Waals surface area contributed by atoms with Crippen LogP contribution in [-0.4, -0.2) is 54.0 Å². The zero-order valence-corrected chi connectivity index (χ0v) is 17.5. The molecule has 8 nitrogen and oxygen atoms in total. The normalized spacial score (nSPS) is 18.0. The van der Waals surface area contributed by atoms with E-state index < -0.39 is 11.8 Å². The fraction of sp³-hybridized carbons (Fsp3) is 0.273. The molecule has 0 bridgehead atoms. The monoisotopic (exact) mass is 437 g/mol. The molecule has 1 N–H and O–H groups in total. The second-order valence-electron chi connectivity index (χ2n) is 7.42. The van der Waals surface area contributed by atoms with Crippen molar-refractivity contribution in [3.05, 3.63) is 53.1 Å². The molecular formula is C22H19N3O5S. The van der Waals surface area contributed by atoms with Gasteiger partial charge in [0.25, 0.3) is 17.7 Å². The number of ether oxygens (including phenoxy) is 2. The lowest BCUT2D eigenvalue weighted by atomic mass is 10.1. The van der Waals surface area contributed by atoms with Gasteiger partial charge in [0.1, 0.15) is 5.75 Å². The maximum atomic E-state index is 12.8. The summed E-state index contributed by atoms with van der Waals surface area (Å²) in [5.74, 6) is -0.421. The van der Waals surface area contributed by atoms with Crippen LogP contribution in [0.5, 0.6) is 5.75 Å². The van der Waals surface area contributed by atoms with Crippen LogP contribution < -0.4 is 10.1 Å². The highest BCUT2D eigenvalue weighted by Crippen LogP contribution is 2.30. The lowest BCUT2D eigenvalue weighted by molar-refractivity contribution is 0.0475. The molecule has 2 aromatic carbocycles. The fourth-order valence-electron chi connectivity index (χ4n) is 3.84. The predicted molar refractivity (Wildman–Crippen MR) is 115 cm³/mol. The summed E-state index contributed by atoms with van der Waals surface area (Å²) < 4.78 is 11.7. The van der Waals surface area contributed by atoms with Crippen LogP contribution in [0, 0.1) is 0 Å². The van der Waals surface area contributed by atoms with Crippen molar-refractivity contribution in [2.24, 2.45) is 0 Å². The Kier molecular flexibility index (Phi) is 4.91. The number of hydrogen-bond donors (Lipinski definition) is 1. The molecule has 9 heteroatoms. The number of nitrogens with zero attached hydrogens (tertiary/aromatic N) is 2. The van der Waals surface area contributed by atoms with E-state index in [0.717, 1.165) is 23.1 Å². The van der Waals surface area contributed by atoms with Gasteiger partial charge in [0.05, 0.1) is 41.1 Å². The van der Waals surface area contributed by atoms with Crippen LogP contribution in [0.1, 0.15) is 43.9 Å². The summed E-state index contributed by atoms with van der Waals surface area (Å²) in [5.41, 5.74) is 1.59. The number of amides is 3. The second kappa shape index (κ2) is 7.75. The van der Waals surface area contributed by atoms with Crippen molar-refractivity contribution in [1.29, 1.82) is 0 Å². The highest BCUT2D eigenvalue weighted by molar-refractivity contribution is 7.22. The van der Waals surface area contributed by atoms with Crippen molar-refractivity contribution in [3.8, 4) is 5.75 Å². The Morgan fingerprint density at radius 2 is 2.06 bits per heavy atom. The molecule has 2 aliphatic rings. The van der Waals surface area contributed by atoms with E-state index in [1.165, 1.54) is 28.4 Å². The first-order chi connectivity index (χ1) is 15.0. The molecule has 5 rings (SSSR count). The van der Waals surface area contributed by atoms with E-state index in [-0.39, 0.29) is 29.7 Å². The first kappa shape index (κ1) is 19.7. The van der Waals surface area contributed by atoms with E-state index in [4.69, 9.17) is 9.47 Å². The largest absolute Gasteiger partial charge is 0.497 e. The van der Waals surface area contributed by atoms with E-state index in [2.05, 4.69) is 10.3 Å². The highest BCUT2D eigenvalue weighted by atomic mass is 32.1. The van der Waals surface area contributed by atoms with Gasteiger partial charge in [0.2, 0.25) is 0 Å². The lowest BCUT2D eigenvalue weighted by Crippen LogP contribution is -2.36. The Morgan fingerprint density at radius 1 is 1.23 bits per heavy atom. The molecule has 31 heavy (non-hydrogen) atoms. The zero-order chi connectivity index (χ0) is 21.5. The van der Waals surface area contributed by atoms with E-state index in [1.54, 1.807) is 19.2 Å². The van der Waals surface area contributed by atoms with Gasteiger partial charge in [-0.2, -0.15) is 0 Å². The summed E-state index contributed by atoms with van der Waals surface area (Å²) in [5, 5.41) is 3.21. The molecule has 158 valence electrons. The lowest BCUT2D eigenvalue weighted by Gasteiger charge is -2.17. The number of carbonyl (C=O) groups excluding carboxylic acids is 3. The SMILES string of the molecule is COc1ccc2nc(NC(=O)c3ccc4c(c3)C(=O)N(CC3CCCO3)C4=O)sc2c1. The number of nitrogens with one attached hydrogen (secondary N) is 1. The minimum absolute atomic E-state index is 0.123. The number of hydrogen-bond acceptors (Lipinski definition) is 7. The third kappa shape index (κ3) is 3.55. The van der Waals surface area contributed by atoms with Gasteiger partial charge in [0, 0.05) is 12.2 Å². The Balaban J connectivity index is 1.35. The van der Waals surface area contributed by atoms with Crippen molar-refractivity contribution in [3.63, 3.8) is 0 Å². The number of methoxy groups -OCH3 is 1. The molecule has 2 aliphatic heterocycles. The third-order valence-corrected chi connectivity index (χ3v) is 6.39. The van der Waals surface area contributed by atoms with Gasteiger partial charge >= 0.3 is 0 Å². The van der Waals surface area contributed by atoms with Crippen LogP contribution in [-0.2, 0) is 4.74 Å². The van der Waals surface area contributed by atoms with Crippen LogP contribution >= 0.6 is 11.3 Å². The van der Waals surface area contributed by atoms with Crippen molar-refractivity contribution < 1.29 is 23.9 Å². The topological polar surface area (TPSA) is 97.8 Å². The number of rotatable bonds is 5. The number of fused-ring (bicyclic) bond motifs is 2. The number of carbonyl (C=O) groups is 3. The molecule has 1 atom stereocenters. The van der Waals surface area contributed by atoms with Crippen LogP contribution in [0.15, 0.2) is 36.4 Å². The summed E-state index contributed by atoms with van der Waals surface area (Å²) in [6, 6.07) is 10.0. The van der Waals surface area contributed by atoms with E-state index in [9.17, 15) is 14.4 Å². The highest BCUT2D eigenvalue weighted by Gasteiger charge is 2.38. The van der Waals surface area contributed by atoms with Gasteiger partial charge < -0.3 is 9.47 Å². The minimum atomic E-state index is -0.397. The molecule has 3 amide bonds. The molecule has 1 unspecified atom stereocenters. The van der Waals surface area contributed by atoms with Gasteiger partial charge in [-0.1, -0.05) is 11.3 Å². The number of anilines is 1. The van der Waals surface area contributed by atoms with Crippen LogP contribution in [0.4, 0.5) is 5.13 Å². The molecule has 3 aromatic rings. The Labute approximate surface area is 181 Å². The smallest absolute Gasteiger partial charge is 0.261 e. The molecule has 1 saturated heterocycles. The molecule has 0 spiro atoms. The molecule has 0 radical (unpaired) electrons. The first-order valence-corrected chi connectivity index (χ1v) is 10.7. The summed E-state index contributed by atoms with van der Waals surface area (Å²) in [4.78, 5) is 43.8. The van der Waals surface area contributed by atoms with Gasteiger partial charge in [-0.05, 0) is 49.2 Å². The summed E-state index contributed by atoms with van der Waals surface area (Å²) in [6.07, 6.45) is 1.63. The van der Waals surface area contributed by atoms with Crippen molar-refractivity contribution in [2.75, 3.05) is 25.6 Å². The van der Waals surface area contributed by atoms with E-state index >= 15 is 0 Å². The molecule has 1 fully saturated rings. The predicted octanol–water partition coefficient (Wildman–Crippen LogP) is 3.33. The molecular weight excluding hydrogens is 418 g/mol. The Morgan fingerprint density at radius 3 is 2.84 bits per heavy atom. The van der Waals surface area contributed by atoms with Gasteiger partial charge in [-0.3, -0.25) is 24.6 Å². The van der Waals surface area contributed by atoms with E-state index in [0.29, 0.717) is 23.1 Å². The average Bonchev–Trinajstić information content (AvgIpc) is 3.49. The molecule has 0 saturated carbocycles. The summed E-state index contributed by atoms with van der Waals surface area (Å²) in [6.45, 7) is 0.889. The van der Waals surface area contributed by atoms with Crippen molar-refractivity contribution in [2.45, 2.75) is 18.9 Å². The van der Waals surface area contributed by atoms with Gasteiger partial charge in [0.15, 0.2) is 5.13 Å². The first-order valence-electron chi connectivity index (χ1n) is 9.91. The van der Waals surface area contributed by atoms with Gasteiger partial charge in [-0.15, -0.1) is 0 Å². The maximum Gasteiger partial charge on any atom is 0.261 e. The van der Waals surface area contributed by atoms with Crippen LogP contribution in [0.2, 0.25) is 0 Å². The maximum absolute atomic E-state index is 12.8. The van der Waals surface area contributed by atoms with E-state index in [1.807, 2.05) is 12.1 Å². The minimum Gasteiger partial charge on any atom is -0.497 e. The Bertz CT molecular complexity index is 1220. The summed E-state index contributed by atoms with van der Waals surface area (Å²) >= 11 is 1.33. The number of aromatic nitrogens is 1. The Hall–Kier alpha value is -3.30. The molecule has 0 aliphatic carbocycles. The molecule has 1 aromatic heterocycles. The third-order valence-electron chi connectivity index (χ3n) is 5.46.